The standard InChI is InChI=1S/C13H14ClN3O4/c14-8-2-1-3-10(6-8)21-7-11(18)16-17-13(20)12(19)15-9-4-5-9/h1-3,6,9H,4-5,7H2,(H,15,19)(H,16,18)(H,17,20). The lowest BCUT2D eigenvalue weighted by atomic mass is 10.3. The van der Waals surface area contributed by atoms with E-state index in [2.05, 4.69) is 10.7 Å². The van der Waals surface area contributed by atoms with Crippen molar-refractivity contribution in [3.63, 3.8) is 0 Å². The van der Waals surface area contributed by atoms with Gasteiger partial charge in [-0.2, -0.15) is 0 Å². The molecule has 2 rings (SSSR count). The summed E-state index contributed by atoms with van der Waals surface area (Å²) in [6.45, 7) is -0.315. The molecule has 0 bridgehead atoms. The van der Waals surface area contributed by atoms with Crippen molar-refractivity contribution in [2.45, 2.75) is 18.9 Å². The van der Waals surface area contributed by atoms with E-state index >= 15 is 0 Å². The number of carbonyl (C=O) groups is 3. The molecule has 0 atom stereocenters. The Kier molecular flexibility index (Phi) is 4.99. The molecule has 0 heterocycles. The summed E-state index contributed by atoms with van der Waals surface area (Å²) in [4.78, 5) is 34.1. The van der Waals surface area contributed by atoms with Gasteiger partial charge in [-0.05, 0) is 31.0 Å². The smallest absolute Gasteiger partial charge is 0.327 e. The molecule has 1 aliphatic carbocycles. The quantitative estimate of drug-likeness (QED) is 0.544. The van der Waals surface area contributed by atoms with Crippen LogP contribution in [0.1, 0.15) is 12.8 Å². The Labute approximate surface area is 126 Å². The molecule has 0 unspecified atom stereocenters. The van der Waals surface area contributed by atoms with Gasteiger partial charge in [0.2, 0.25) is 0 Å². The van der Waals surface area contributed by atoms with Crippen molar-refractivity contribution in [2.24, 2.45) is 0 Å². The zero-order valence-corrected chi connectivity index (χ0v) is 11.8. The number of amides is 3. The minimum absolute atomic E-state index is 0.0742. The Morgan fingerprint density at radius 2 is 1.95 bits per heavy atom. The topological polar surface area (TPSA) is 96.5 Å². The molecule has 8 heteroatoms. The summed E-state index contributed by atoms with van der Waals surface area (Å²) in [5, 5.41) is 2.98. The van der Waals surface area contributed by atoms with Crippen molar-refractivity contribution >= 4 is 29.3 Å². The second kappa shape index (κ2) is 6.94. The van der Waals surface area contributed by atoms with Gasteiger partial charge in [-0.3, -0.25) is 25.2 Å². The summed E-state index contributed by atoms with van der Waals surface area (Å²) < 4.78 is 5.17. The first-order valence-corrected chi connectivity index (χ1v) is 6.70. The maximum atomic E-state index is 11.4. The SMILES string of the molecule is O=C(COc1cccc(Cl)c1)NNC(=O)C(=O)NC1CC1. The minimum atomic E-state index is -0.919. The number of halogens is 1. The Hall–Kier alpha value is -2.28. The molecule has 1 aliphatic rings. The van der Waals surface area contributed by atoms with Gasteiger partial charge in [0.25, 0.3) is 5.91 Å². The number of hydrogen-bond acceptors (Lipinski definition) is 4. The number of hydrazine groups is 1. The Balaban J connectivity index is 1.67. The third-order valence-electron chi connectivity index (χ3n) is 2.60. The fourth-order valence-electron chi connectivity index (χ4n) is 1.40. The second-order valence-corrected chi connectivity index (χ2v) is 4.93. The van der Waals surface area contributed by atoms with E-state index in [-0.39, 0.29) is 12.6 Å². The van der Waals surface area contributed by atoms with Gasteiger partial charge in [0.1, 0.15) is 5.75 Å². The van der Waals surface area contributed by atoms with Gasteiger partial charge in [-0.15, -0.1) is 0 Å². The fraction of sp³-hybridized carbons (Fsp3) is 0.308. The predicted octanol–water partition coefficient (Wildman–Crippen LogP) is 0.145. The number of hydrogen-bond donors (Lipinski definition) is 3. The summed E-state index contributed by atoms with van der Waals surface area (Å²) in [6, 6.07) is 6.62. The molecule has 0 saturated heterocycles. The normalized spacial score (nSPS) is 13.2. The van der Waals surface area contributed by atoms with E-state index in [1.54, 1.807) is 24.3 Å². The van der Waals surface area contributed by atoms with Gasteiger partial charge in [-0.1, -0.05) is 17.7 Å². The summed E-state index contributed by atoms with van der Waals surface area (Å²) >= 11 is 5.76. The largest absolute Gasteiger partial charge is 0.484 e. The van der Waals surface area contributed by atoms with Crippen LogP contribution in [-0.4, -0.2) is 30.4 Å². The van der Waals surface area contributed by atoms with Crippen LogP contribution in [0.15, 0.2) is 24.3 Å². The molecule has 112 valence electrons. The van der Waals surface area contributed by atoms with Crippen LogP contribution < -0.4 is 20.9 Å². The highest BCUT2D eigenvalue weighted by Crippen LogP contribution is 2.18. The molecular formula is C13H14ClN3O4. The van der Waals surface area contributed by atoms with Crippen molar-refractivity contribution in [2.75, 3.05) is 6.61 Å². The van der Waals surface area contributed by atoms with Crippen LogP contribution in [0, 0.1) is 0 Å². The average molecular weight is 312 g/mol. The van der Waals surface area contributed by atoms with Crippen LogP contribution in [0.25, 0.3) is 0 Å². The van der Waals surface area contributed by atoms with E-state index in [9.17, 15) is 14.4 Å². The molecule has 0 radical (unpaired) electrons. The fourth-order valence-corrected chi connectivity index (χ4v) is 1.58. The average Bonchev–Trinajstić information content (AvgIpc) is 3.26. The number of carbonyl (C=O) groups excluding carboxylic acids is 3. The second-order valence-electron chi connectivity index (χ2n) is 4.50. The molecule has 21 heavy (non-hydrogen) atoms. The molecule has 1 aromatic carbocycles. The number of rotatable bonds is 4. The van der Waals surface area contributed by atoms with E-state index in [4.69, 9.17) is 16.3 Å². The van der Waals surface area contributed by atoms with Crippen molar-refractivity contribution in [1.82, 2.24) is 16.2 Å². The lowest BCUT2D eigenvalue weighted by Gasteiger charge is -2.08. The van der Waals surface area contributed by atoms with Gasteiger partial charge in [0.15, 0.2) is 6.61 Å². The minimum Gasteiger partial charge on any atom is -0.484 e. The van der Waals surface area contributed by atoms with Crippen LogP contribution in [0.5, 0.6) is 5.75 Å². The molecule has 3 N–H and O–H groups in total. The maximum Gasteiger partial charge on any atom is 0.327 e. The van der Waals surface area contributed by atoms with Crippen LogP contribution in [0.3, 0.4) is 0 Å². The highest BCUT2D eigenvalue weighted by Gasteiger charge is 2.26. The Morgan fingerprint density at radius 3 is 2.62 bits per heavy atom. The predicted molar refractivity (Wildman–Crippen MR) is 74.4 cm³/mol. The lowest BCUT2D eigenvalue weighted by molar-refractivity contribution is -0.141. The van der Waals surface area contributed by atoms with Gasteiger partial charge in [0, 0.05) is 11.1 Å². The van der Waals surface area contributed by atoms with E-state index in [1.165, 1.54) is 0 Å². The zero-order valence-electron chi connectivity index (χ0n) is 11.0. The van der Waals surface area contributed by atoms with Crippen LogP contribution in [0.2, 0.25) is 5.02 Å². The third-order valence-corrected chi connectivity index (χ3v) is 2.84. The van der Waals surface area contributed by atoms with Crippen LogP contribution in [-0.2, 0) is 14.4 Å². The molecule has 0 aromatic heterocycles. The van der Waals surface area contributed by atoms with Crippen LogP contribution in [0.4, 0.5) is 0 Å². The molecule has 1 fully saturated rings. The van der Waals surface area contributed by atoms with Gasteiger partial charge < -0.3 is 10.1 Å². The van der Waals surface area contributed by atoms with Crippen molar-refractivity contribution < 1.29 is 19.1 Å². The Bertz CT molecular complexity index is 560. The molecule has 1 aromatic rings. The highest BCUT2D eigenvalue weighted by atomic mass is 35.5. The summed E-state index contributed by atoms with van der Waals surface area (Å²) in [6.07, 6.45) is 1.75. The first-order chi connectivity index (χ1) is 10.0. The summed E-state index contributed by atoms with van der Waals surface area (Å²) in [7, 11) is 0. The first kappa shape index (κ1) is 15.1. The van der Waals surface area contributed by atoms with Gasteiger partial charge in [0.05, 0.1) is 0 Å². The summed E-state index contributed by atoms with van der Waals surface area (Å²) in [5.41, 5.74) is 4.09. The lowest BCUT2D eigenvalue weighted by Crippen LogP contribution is -2.50. The highest BCUT2D eigenvalue weighted by molar-refractivity contribution is 6.35. The molecule has 0 spiro atoms. The zero-order chi connectivity index (χ0) is 15.2. The van der Waals surface area contributed by atoms with Crippen molar-refractivity contribution in [3.8, 4) is 5.75 Å². The third kappa shape index (κ3) is 5.31. The van der Waals surface area contributed by atoms with E-state index in [0.717, 1.165) is 12.8 Å². The van der Waals surface area contributed by atoms with E-state index < -0.39 is 17.7 Å². The number of ether oxygens (including phenoxy) is 1. The molecule has 3 amide bonds. The summed E-state index contributed by atoms with van der Waals surface area (Å²) in [5.74, 6) is -1.86. The molecule has 7 nitrogen and oxygen atoms in total. The Morgan fingerprint density at radius 1 is 1.19 bits per heavy atom. The van der Waals surface area contributed by atoms with E-state index in [0.29, 0.717) is 10.8 Å². The van der Waals surface area contributed by atoms with E-state index in [1.807, 2.05) is 5.43 Å². The van der Waals surface area contributed by atoms with Crippen LogP contribution >= 0.6 is 11.6 Å². The van der Waals surface area contributed by atoms with Gasteiger partial charge in [-0.25, -0.2) is 0 Å². The number of nitrogens with one attached hydrogen (secondary N) is 3. The first-order valence-electron chi connectivity index (χ1n) is 6.32. The molecule has 0 aliphatic heterocycles. The molecule has 1 saturated carbocycles. The monoisotopic (exact) mass is 311 g/mol. The van der Waals surface area contributed by atoms with Crippen molar-refractivity contribution in [1.29, 1.82) is 0 Å². The molecular weight excluding hydrogens is 298 g/mol. The van der Waals surface area contributed by atoms with Crippen molar-refractivity contribution in [3.05, 3.63) is 29.3 Å². The van der Waals surface area contributed by atoms with Gasteiger partial charge >= 0.3 is 11.8 Å². The maximum absolute atomic E-state index is 11.4. The number of benzene rings is 1.